The van der Waals surface area contributed by atoms with Crippen molar-refractivity contribution in [1.29, 1.82) is 0 Å². The van der Waals surface area contributed by atoms with Gasteiger partial charge in [-0.1, -0.05) is 6.58 Å². The number of H-pyrrole nitrogens is 1. The number of fused-ring (bicyclic) bond motifs is 2. The Kier molecular flexibility index (Phi) is 5.39. The van der Waals surface area contributed by atoms with Gasteiger partial charge in [-0.2, -0.15) is 15.1 Å². The number of anilines is 2. The first kappa shape index (κ1) is 21.2. The van der Waals surface area contributed by atoms with E-state index in [1.165, 1.54) is 28.5 Å². The van der Waals surface area contributed by atoms with E-state index in [1.54, 1.807) is 7.11 Å². The van der Waals surface area contributed by atoms with Crippen LogP contribution in [0.5, 0.6) is 6.01 Å². The number of ether oxygens (including phenoxy) is 1. The van der Waals surface area contributed by atoms with Gasteiger partial charge in [0.05, 0.1) is 36.7 Å². The number of methoxy groups -OCH3 is 1. The molecule has 0 saturated carbocycles. The van der Waals surface area contributed by atoms with E-state index in [4.69, 9.17) is 14.7 Å². The first-order valence-electron chi connectivity index (χ1n) is 11.3. The maximum Gasteiger partial charge on any atom is 0.318 e. The van der Waals surface area contributed by atoms with Crippen molar-refractivity contribution in [1.82, 2.24) is 25.1 Å². The number of piperazine rings is 1. The van der Waals surface area contributed by atoms with E-state index >= 15 is 0 Å². The second kappa shape index (κ2) is 8.38. The fraction of sp³-hybridized carbons (Fsp3) is 0.417. The lowest BCUT2D eigenvalue weighted by Crippen LogP contribution is -2.49. The van der Waals surface area contributed by atoms with Gasteiger partial charge in [0.25, 0.3) is 0 Å². The van der Waals surface area contributed by atoms with Gasteiger partial charge in [-0.3, -0.25) is 9.89 Å². The number of aromatic amines is 1. The van der Waals surface area contributed by atoms with E-state index in [0.29, 0.717) is 25.6 Å². The predicted molar refractivity (Wildman–Crippen MR) is 128 cm³/mol. The third-order valence-corrected chi connectivity index (χ3v) is 6.82. The summed E-state index contributed by atoms with van der Waals surface area (Å²) in [7, 11) is 1.60. The average Bonchev–Trinajstić information content (AvgIpc) is 3.31. The molecule has 0 atom stereocenters. The van der Waals surface area contributed by atoms with Crippen LogP contribution in [0.1, 0.15) is 22.4 Å². The molecule has 33 heavy (non-hydrogen) atoms. The second-order valence-electron chi connectivity index (χ2n) is 8.65. The molecule has 2 aliphatic heterocycles. The number of carbonyl (C=O) groups excluding carboxylic acids is 1. The Morgan fingerprint density at radius 1 is 1.15 bits per heavy atom. The van der Waals surface area contributed by atoms with E-state index < -0.39 is 0 Å². The van der Waals surface area contributed by atoms with Crippen molar-refractivity contribution in [3.63, 3.8) is 0 Å². The Bertz CT molecular complexity index is 1230. The standard InChI is InChI=1S/C24H29N7O2/c1-5-21(32)29-8-10-30(11-9-29)23-17-6-7-31(14-20(17)26-24(27-23)33-4)22-16(3)15(2)12-19-18(22)13-25-28-19/h5,12-13H,1,6-11,14H2,2-4H3,(H,25,28). The van der Waals surface area contributed by atoms with Crippen LogP contribution in [0.4, 0.5) is 11.5 Å². The third kappa shape index (κ3) is 3.67. The molecule has 0 radical (unpaired) electrons. The number of rotatable bonds is 4. The van der Waals surface area contributed by atoms with Crippen LogP contribution in [-0.4, -0.2) is 70.8 Å². The van der Waals surface area contributed by atoms with Crippen LogP contribution < -0.4 is 14.5 Å². The SMILES string of the molecule is C=CC(=O)N1CCN(c2nc(OC)nc3c2CCN(c2c(C)c(C)cc4[nH]ncc24)C3)CC1. The van der Waals surface area contributed by atoms with Crippen molar-refractivity contribution in [2.45, 2.75) is 26.8 Å². The summed E-state index contributed by atoms with van der Waals surface area (Å²) in [6, 6.07) is 2.53. The summed E-state index contributed by atoms with van der Waals surface area (Å²) in [5, 5.41) is 8.51. The maximum atomic E-state index is 12.0. The molecular weight excluding hydrogens is 418 g/mol. The van der Waals surface area contributed by atoms with Crippen LogP contribution in [0.25, 0.3) is 10.9 Å². The van der Waals surface area contributed by atoms with Gasteiger partial charge in [0.2, 0.25) is 5.91 Å². The number of nitrogens with zero attached hydrogens (tertiary/aromatic N) is 6. The highest BCUT2D eigenvalue weighted by atomic mass is 16.5. The topological polar surface area (TPSA) is 90.5 Å². The second-order valence-corrected chi connectivity index (χ2v) is 8.65. The molecule has 1 fully saturated rings. The first-order chi connectivity index (χ1) is 16.0. The van der Waals surface area contributed by atoms with Gasteiger partial charge in [-0.15, -0.1) is 0 Å². The van der Waals surface area contributed by atoms with E-state index in [2.05, 4.69) is 46.5 Å². The predicted octanol–water partition coefficient (Wildman–Crippen LogP) is 2.38. The Balaban J connectivity index is 1.47. The number of carbonyl (C=O) groups is 1. The number of hydrogen-bond donors (Lipinski definition) is 1. The van der Waals surface area contributed by atoms with Crippen molar-refractivity contribution in [3.8, 4) is 6.01 Å². The molecule has 2 aromatic heterocycles. The molecule has 9 nitrogen and oxygen atoms in total. The molecule has 9 heteroatoms. The zero-order valence-corrected chi connectivity index (χ0v) is 19.4. The van der Waals surface area contributed by atoms with Gasteiger partial charge < -0.3 is 19.4 Å². The van der Waals surface area contributed by atoms with Crippen LogP contribution in [0.15, 0.2) is 24.9 Å². The monoisotopic (exact) mass is 447 g/mol. The summed E-state index contributed by atoms with van der Waals surface area (Å²) in [5.74, 6) is 0.906. The largest absolute Gasteiger partial charge is 0.467 e. The van der Waals surface area contributed by atoms with Crippen LogP contribution in [-0.2, 0) is 17.8 Å². The van der Waals surface area contributed by atoms with Crippen molar-refractivity contribution >= 4 is 28.3 Å². The molecule has 3 aromatic rings. The summed E-state index contributed by atoms with van der Waals surface area (Å²) in [4.78, 5) is 27.9. The highest BCUT2D eigenvalue weighted by Crippen LogP contribution is 2.37. The molecular formula is C24H29N7O2. The zero-order chi connectivity index (χ0) is 23.1. The Morgan fingerprint density at radius 3 is 2.67 bits per heavy atom. The van der Waals surface area contributed by atoms with Crippen LogP contribution >= 0.6 is 0 Å². The number of hydrogen-bond acceptors (Lipinski definition) is 7. The van der Waals surface area contributed by atoms with Crippen LogP contribution in [0.2, 0.25) is 0 Å². The van der Waals surface area contributed by atoms with E-state index in [-0.39, 0.29) is 5.91 Å². The first-order valence-corrected chi connectivity index (χ1v) is 11.3. The minimum absolute atomic E-state index is 0.0216. The summed E-state index contributed by atoms with van der Waals surface area (Å²) in [5.41, 5.74) is 6.92. The summed E-state index contributed by atoms with van der Waals surface area (Å²) < 4.78 is 5.47. The minimum Gasteiger partial charge on any atom is -0.467 e. The fourth-order valence-electron chi connectivity index (χ4n) is 4.92. The molecule has 2 aliphatic rings. The lowest BCUT2D eigenvalue weighted by atomic mass is 9.99. The van der Waals surface area contributed by atoms with E-state index in [0.717, 1.165) is 48.5 Å². The molecule has 0 bridgehead atoms. The molecule has 1 aromatic carbocycles. The van der Waals surface area contributed by atoms with Gasteiger partial charge in [0.15, 0.2) is 0 Å². The Labute approximate surface area is 193 Å². The smallest absolute Gasteiger partial charge is 0.318 e. The van der Waals surface area contributed by atoms with Gasteiger partial charge >= 0.3 is 6.01 Å². The molecule has 0 unspecified atom stereocenters. The van der Waals surface area contributed by atoms with E-state index in [9.17, 15) is 4.79 Å². The number of benzene rings is 1. The molecule has 172 valence electrons. The van der Waals surface area contributed by atoms with Crippen molar-refractivity contribution < 1.29 is 9.53 Å². The number of aromatic nitrogens is 4. The van der Waals surface area contributed by atoms with Gasteiger partial charge in [-0.25, -0.2) is 0 Å². The van der Waals surface area contributed by atoms with Crippen molar-refractivity contribution in [2.24, 2.45) is 0 Å². The minimum atomic E-state index is -0.0216. The Morgan fingerprint density at radius 2 is 1.94 bits per heavy atom. The van der Waals surface area contributed by atoms with E-state index in [1.807, 2.05) is 11.1 Å². The molecule has 4 heterocycles. The number of amides is 1. The average molecular weight is 448 g/mol. The molecule has 1 amide bonds. The fourth-order valence-corrected chi connectivity index (χ4v) is 4.92. The highest BCUT2D eigenvalue weighted by molar-refractivity contribution is 5.94. The van der Waals surface area contributed by atoms with Crippen molar-refractivity contribution in [2.75, 3.05) is 49.6 Å². The maximum absolute atomic E-state index is 12.0. The lowest BCUT2D eigenvalue weighted by Gasteiger charge is -2.38. The number of aryl methyl sites for hydroxylation is 1. The zero-order valence-electron chi connectivity index (χ0n) is 19.4. The normalized spacial score (nSPS) is 16.2. The molecule has 1 saturated heterocycles. The molecule has 1 N–H and O–H groups in total. The number of nitrogens with one attached hydrogen (secondary N) is 1. The lowest BCUT2D eigenvalue weighted by molar-refractivity contribution is -0.126. The third-order valence-electron chi connectivity index (χ3n) is 6.82. The summed E-state index contributed by atoms with van der Waals surface area (Å²) >= 11 is 0. The summed E-state index contributed by atoms with van der Waals surface area (Å²) in [6.45, 7) is 12.2. The molecule has 0 aliphatic carbocycles. The summed E-state index contributed by atoms with van der Waals surface area (Å²) in [6.07, 6.45) is 4.12. The van der Waals surface area contributed by atoms with Crippen LogP contribution in [0.3, 0.4) is 0 Å². The van der Waals surface area contributed by atoms with Crippen LogP contribution in [0, 0.1) is 13.8 Å². The van der Waals surface area contributed by atoms with Gasteiger partial charge in [0, 0.05) is 43.7 Å². The van der Waals surface area contributed by atoms with Gasteiger partial charge in [-0.05, 0) is 43.5 Å². The molecule has 5 rings (SSSR count). The Hall–Kier alpha value is -3.62. The molecule has 0 spiro atoms. The van der Waals surface area contributed by atoms with Gasteiger partial charge in [0.1, 0.15) is 5.82 Å². The van der Waals surface area contributed by atoms with Crippen molar-refractivity contribution in [3.05, 3.63) is 47.3 Å². The highest BCUT2D eigenvalue weighted by Gasteiger charge is 2.29. The quantitative estimate of drug-likeness (QED) is 0.614.